The van der Waals surface area contributed by atoms with Crippen LogP contribution in [0.1, 0.15) is 16.8 Å². The molecule has 1 unspecified atom stereocenters. The number of nitrogen functional groups attached to an aromatic ring is 1. The van der Waals surface area contributed by atoms with E-state index in [-0.39, 0.29) is 27.9 Å². The second-order valence-corrected chi connectivity index (χ2v) is 6.25. The Kier molecular flexibility index (Phi) is 5.27. The van der Waals surface area contributed by atoms with Gasteiger partial charge in [0.25, 0.3) is 11.6 Å². The van der Waals surface area contributed by atoms with Crippen LogP contribution in [0.25, 0.3) is 0 Å². The third-order valence-electron chi connectivity index (χ3n) is 3.25. The first kappa shape index (κ1) is 15.9. The Labute approximate surface area is 130 Å². The van der Waals surface area contributed by atoms with E-state index in [9.17, 15) is 14.9 Å². The summed E-state index contributed by atoms with van der Waals surface area (Å²) in [5, 5.41) is 13.8. The van der Waals surface area contributed by atoms with Gasteiger partial charge in [-0.2, -0.15) is 11.8 Å². The summed E-state index contributed by atoms with van der Waals surface area (Å²) < 4.78 is 0. The van der Waals surface area contributed by atoms with Gasteiger partial charge >= 0.3 is 0 Å². The molecule has 1 saturated heterocycles. The monoisotopic (exact) mass is 330 g/mol. The molecule has 114 valence electrons. The van der Waals surface area contributed by atoms with Gasteiger partial charge in [-0.25, -0.2) is 0 Å². The summed E-state index contributed by atoms with van der Waals surface area (Å²) in [5.74, 6) is 7.42. The fourth-order valence-corrected chi connectivity index (χ4v) is 3.65. The van der Waals surface area contributed by atoms with Crippen LogP contribution in [0, 0.1) is 16.0 Å². The number of halogens is 1. The summed E-state index contributed by atoms with van der Waals surface area (Å²) in [6.45, 7) is 0.564. The lowest BCUT2D eigenvalue weighted by atomic mass is 10.1. The topological polar surface area (TPSA) is 110 Å². The molecule has 0 radical (unpaired) electrons. The first-order chi connectivity index (χ1) is 10.0. The molecule has 1 aliphatic rings. The Morgan fingerprint density at radius 2 is 2.33 bits per heavy atom. The van der Waals surface area contributed by atoms with Gasteiger partial charge in [0.2, 0.25) is 0 Å². The van der Waals surface area contributed by atoms with E-state index in [1.807, 2.05) is 11.8 Å². The van der Waals surface area contributed by atoms with Crippen LogP contribution in [0.3, 0.4) is 0 Å². The third-order valence-corrected chi connectivity index (χ3v) is 4.78. The molecule has 0 spiro atoms. The molecule has 1 aliphatic heterocycles. The standard InChI is InChI=1S/C12H15ClN4O3S/c13-9-3-8(4-10(17(19)20)11(9)16-14)12(18)15-5-7-1-2-21-6-7/h3-4,7,16H,1-2,5-6,14H2,(H,15,18). The zero-order chi connectivity index (χ0) is 15.4. The van der Waals surface area contributed by atoms with Crippen LogP contribution in [-0.2, 0) is 0 Å². The lowest BCUT2D eigenvalue weighted by Crippen LogP contribution is -2.29. The highest BCUT2D eigenvalue weighted by atomic mass is 35.5. The van der Waals surface area contributed by atoms with E-state index in [0.29, 0.717) is 12.5 Å². The summed E-state index contributed by atoms with van der Waals surface area (Å²) in [6, 6.07) is 2.53. The predicted octanol–water partition coefficient (Wildman–Crippen LogP) is 2.02. The van der Waals surface area contributed by atoms with Gasteiger partial charge in [0.15, 0.2) is 0 Å². The van der Waals surface area contributed by atoms with Gasteiger partial charge in [0, 0.05) is 18.2 Å². The molecule has 0 aliphatic carbocycles. The normalized spacial score (nSPS) is 17.5. The maximum atomic E-state index is 12.1. The molecular formula is C12H15ClN4O3S. The number of nitrogens with two attached hydrogens (primary N) is 1. The number of anilines is 1. The molecular weight excluding hydrogens is 316 g/mol. The van der Waals surface area contributed by atoms with Crippen molar-refractivity contribution in [2.45, 2.75) is 6.42 Å². The number of carbonyl (C=O) groups is 1. The molecule has 0 bridgehead atoms. The van der Waals surface area contributed by atoms with Crippen molar-refractivity contribution in [1.29, 1.82) is 0 Å². The minimum atomic E-state index is -0.633. The molecule has 0 saturated carbocycles. The Bertz CT molecular complexity index is 564. The van der Waals surface area contributed by atoms with E-state index in [0.717, 1.165) is 17.9 Å². The van der Waals surface area contributed by atoms with Crippen LogP contribution in [0.15, 0.2) is 12.1 Å². The molecule has 0 aromatic heterocycles. The number of rotatable bonds is 5. The molecule has 1 atom stereocenters. The van der Waals surface area contributed by atoms with Gasteiger partial charge in [0.05, 0.1) is 9.95 Å². The van der Waals surface area contributed by atoms with Crippen molar-refractivity contribution in [3.05, 3.63) is 32.8 Å². The number of thioether (sulfide) groups is 1. The van der Waals surface area contributed by atoms with Gasteiger partial charge in [-0.3, -0.25) is 20.8 Å². The lowest BCUT2D eigenvalue weighted by molar-refractivity contribution is -0.384. The lowest BCUT2D eigenvalue weighted by Gasteiger charge is -2.11. The summed E-state index contributed by atoms with van der Waals surface area (Å²) >= 11 is 7.78. The fraction of sp³-hybridized carbons (Fsp3) is 0.417. The number of nitro benzene ring substituents is 1. The molecule has 1 aromatic rings. The van der Waals surface area contributed by atoms with Crippen LogP contribution < -0.4 is 16.6 Å². The smallest absolute Gasteiger partial charge is 0.295 e. The Morgan fingerprint density at radius 3 is 2.90 bits per heavy atom. The average Bonchev–Trinajstić information content (AvgIpc) is 2.96. The molecule has 1 amide bonds. The summed E-state index contributed by atoms with van der Waals surface area (Å²) in [5.41, 5.74) is 1.99. The van der Waals surface area contributed by atoms with Crippen LogP contribution >= 0.6 is 23.4 Å². The number of hydrogen-bond acceptors (Lipinski definition) is 6. The molecule has 4 N–H and O–H groups in total. The van der Waals surface area contributed by atoms with Crippen LogP contribution in [0.4, 0.5) is 11.4 Å². The number of amides is 1. The van der Waals surface area contributed by atoms with E-state index in [1.165, 1.54) is 12.1 Å². The Balaban J connectivity index is 2.14. The van der Waals surface area contributed by atoms with E-state index in [2.05, 4.69) is 10.7 Å². The second-order valence-electron chi connectivity index (χ2n) is 4.69. The third kappa shape index (κ3) is 3.78. The quantitative estimate of drug-likeness (QED) is 0.433. The van der Waals surface area contributed by atoms with E-state index in [1.54, 1.807) is 0 Å². The van der Waals surface area contributed by atoms with E-state index < -0.39 is 4.92 Å². The molecule has 9 heteroatoms. The summed E-state index contributed by atoms with van der Waals surface area (Å²) in [4.78, 5) is 22.4. The highest BCUT2D eigenvalue weighted by Gasteiger charge is 2.22. The zero-order valence-corrected chi connectivity index (χ0v) is 12.7. The minimum Gasteiger partial charge on any atom is -0.352 e. The fourth-order valence-electron chi connectivity index (χ4n) is 2.09. The van der Waals surface area contributed by atoms with Gasteiger partial charge in [-0.1, -0.05) is 11.6 Å². The highest BCUT2D eigenvalue weighted by molar-refractivity contribution is 7.99. The summed E-state index contributed by atoms with van der Waals surface area (Å²) in [7, 11) is 0. The van der Waals surface area contributed by atoms with Gasteiger partial charge < -0.3 is 10.7 Å². The van der Waals surface area contributed by atoms with Crippen LogP contribution in [0.2, 0.25) is 5.02 Å². The first-order valence-electron chi connectivity index (χ1n) is 6.33. The first-order valence-corrected chi connectivity index (χ1v) is 7.86. The van der Waals surface area contributed by atoms with Crippen molar-refractivity contribution in [2.75, 3.05) is 23.5 Å². The van der Waals surface area contributed by atoms with Crippen LogP contribution in [0.5, 0.6) is 0 Å². The van der Waals surface area contributed by atoms with E-state index in [4.69, 9.17) is 17.4 Å². The van der Waals surface area contributed by atoms with Gasteiger partial charge in [-0.05, 0) is 29.9 Å². The largest absolute Gasteiger partial charge is 0.352 e. The van der Waals surface area contributed by atoms with Crippen molar-refractivity contribution in [1.82, 2.24) is 5.32 Å². The SMILES string of the molecule is NNc1c(Cl)cc(C(=O)NCC2CCSC2)cc1[N+](=O)[O-]. The van der Waals surface area contributed by atoms with Crippen molar-refractivity contribution in [2.24, 2.45) is 11.8 Å². The van der Waals surface area contributed by atoms with Gasteiger partial charge in [0.1, 0.15) is 5.69 Å². The zero-order valence-electron chi connectivity index (χ0n) is 11.1. The number of nitrogens with one attached hydrogen (secondary N) is 2. The summed E-state index contributed by atoms with van der Waals surface area (Å²) in [6.07, 6.45) is 1.07. The molecule has 7 nitrogen and oxygen atoms in total. The number of benzene rings is 1. The Hall–Kier alpha value is -1.51. The van der Waals surface area contributed by atoms with Crippen molar-refractivity contribution >= 4 is 40.6 Å². The molecule has 21 heavy (non-hydrogen) atoms. The Morgan fingerprint density at radius 1 is 1.57 bits per heavy atom. The number of hydrazine groups is 1. The highest BCUT2D eigenvalue weighted by Crippen LogP contribution is 2.33. The van der Waals surface area contributed by atoms with Crippen molar-refractivity contribution in [3.8, 4) is 0 Å². The maximum Gasteiger partial charge on any atom is 0.295 e. The minimum absolute atomic E-state index is 0.00888. The molecule has 1 fully saturated rings. The van der Waals surface area contributed by atoms with Crippen LogP contribution in [-0.4, -0.2) is 28.9 Å². The molecule has 2 rings (SSSR count). The maximum absolute atomic E-state index is 12.1. The predicted molar refractivity (Wildman–Crippen MR) is 83.7 cm³/mol. The van der Waals surface area contributed by atoms with Crippen molar-refractivity contribution in [3.63, 3.8) is 0 Å². The van der Waals surface area contributed by atoms with Crippen molar-refractivity contribution < 1.29 is 9.72 Å². The number of carbonyl (C=O) groups excluding carboxylic acids is 1. The van der Waals surface area contributed by atoms with Gasteiger partial charge in [-0.15, -0.1) is 0 Å². The number of nitro groups is 1. The number of nitrogens with zero attached hydrogens (tertiary/aromatic N) is 1. The average molecular weight is 331 g/mol. The van der Waals surface area contributed by atoms with E-state index >= 15 is 0 Å². The molecule has 1 heterocycles. The second kappa shape index (κ2) is 6.97. The molecule has 1 aromatic carbocycles. The number of hydrogen-bond donors (Lipinski definition) is 3.